The van der Waals surface area contributed by atoms with Crippen LogP contribution in [0.25, 0.3) is 0 Å². The summed E-state index contributed by atoms with van der Waals surface area (Å²) in [4.78, 5) is 10.9. The molecule has 82 valence electrons. The lowest BCUT2D eigenvalue weighted by Gasteiger charge is -2.31. The molecule has 0 N–H and O–H groups in total. The molecule has 1 heteroatoms. The summed E-state index contributed by atoms with van der Waals surface area (Å²) in [7, 11) is 0. The van der Waals surface area contributed by atoms with Gasteiger partial charge in [-0.3, -0.25) is 0 Å². The fraction of sp³-hybridized carbons (Fsp3) is 0.500. The summed E-state index contributed by atoms with van der Waals surface area (Å²) < 4.78 is 0. The number of carbonyl (C=O) groups is 1. The highest BCUT2D eigenvalue weighted by molar-refractivity contribution is 5.58. The Balaban J connectivity index is 2.89. The summed E-state index contributed by atoms with van der Waals surface area (Å²) in [6.07, 6.45) is 1.92. The summed E-state index contributed by atoms with van der Waals surface area (Å²) >= 11 is 0. The summed E-state index contributed by atoms with van der Waals surface area (Å²) in [5, 5.41) is 0. The predicted octanol–water partition coefficient (Wildman–Crippen LogP) is 3.58. The van der Waals surface area contributed by atoms with Gasteiger partial charge in [0, 0.05) is 5.41 Å². The molecule has 0 heterocycles. The van der Waals surface area contributed by atoms with Crippen LogP contribution in [0.1, 0.15) is 39.7 Å². The maximum absolute atomic E-state index is 10.9. The van der Waals surface area contributed by atoms with E-state index in [2.05, 4.69) is 26.0 Å². The van der Waals surface area contributed by atoms with Crippen LogP contribution >= 0.6 is 0 Å². The molecule has 0 aliphatic heterocycles. The minimum absolute atomic E-state index is 0.0473. The highest BCUT2D eigenvalue weighted by atomic mass is 16.1. The van der Waals surface area contributed by atoms with Crippen molar-refractivity contribution in [1.29, 1.82) is 0 Å². The lowest BCUT2D eigenvalue weighted by molar-refractivity contribution is -0.115. The van der Waals surface area contributed by atoms with Gasteiger partial charge in [-0.15, -0.1) is 0 Å². The van der Waals surface area contributed by atoms with E-state index in [1.807, 2.05) is 32.0 Å². The zero-order valence-electron chi connectivity index (χ0n) is 10.1. The van der Waals surface area contributed by atoms with Gasteiger partial charge in [-0.2, -0.15) is 0 Å². The van der Waals surface area contributed by atoms with Crippen LogP contribution in [0, 0.1) is 5.41 Å². The number of carbonyl (C=O) groups excluding carboxylic acids is 1. The first-order valence-corrected chi connectivity index (χ1v) is 5.39. The molecule has 0 fully saturated rings. The molecule has 0 aromatic heterocycles. The molecule has 0 radical (unpaired) electrons. The van der Waals surface area contributed by atoms with Crippen molar-refractivity contribution in [3.05, 3.63) is 35.9 Å². The third-order valence-corrected chi connectivity index (χ3v) is 2.77. The molecule has 0 aliphatic rings. The molecule has 0 spiro atoms. The molecule has 0 atom stereocenters. The van der Waals surface area contributed by atoms with Crippen molar-refractivity contribution in [2.45, 2.75) is 39.5 Å². The molecule has 1 nitrogen and oxygen atoms in total. The van der Waals surface area contributed by atoms with E-state index in [1.54, 1.807) is 0 Å². The molecular weight excluding hydrogens is 184 g/mol. The Kier molecular flexibility index (Phi) is 3.33. The van der Waals surface area contributed by atoms with E-state index < -0.39 is 0 Å². The van der Waals surface area contributed by atoms with E-state index in [1.165, 1.54) is 5.56 Å². The normalized spacial score (nSPS) is 12.5. The van der Waals surface area contributed by atoms with Crippen LogP contribution in [0.3, 0.4) is 0 Å². The minimum atomic E-state index is -0.251. The van der Waals surface area contributed by atoms with Crippen LogP contribution in [-0.4, -0.2) is 6.29 Å². The van der Waals surface area contributed by atoms with Crippen LogP contribution in [-0.2, 0) is 10.2 Å². The quantitative estimate of drug-likeness (QED) is 0.685. The summed E-state index contributed by atoms with van der Waals surface area (Å²) in [6, 6.07) is 10.4. The van der Waals surface area contributed by atoms with E-state index >= 15 is 0 Å². The van der Waals surface area contributed by atoms with Crippen LogP contribution in [0.5, 0.6) is 0 Å². The number of hydrogen-bond acceptors (Lipinski definition) is 1. The van der Waals surface area contributed by atoms with Gasteiger partial charge in [0.25, 0.3) is 0 Å². The van der Waals surface area contributed by atoms with Gasteiger partial charge in [0.05, 0.1) is 0 Å². The zero-order chi connectivity index (χ0) is 11.5. The molecule has 0 aliphatic carbocycles. The van der Waals surface area contributed by atoms with Gasteiger partial charge in [-0.05, 0) is 17.4 Å². The van der Waals surface area contributed by atoms with Gasteiger partial charge in [-0.25, -0.2) is 0 Å². The molecule has 0 unspecified atom stereocenters. The smallest absolute Gasteiger partial charge is 0.125 e. The van der Waals surface area contributed by atoms with Crippen molar-refractivity contribution >= 4 is 6.29 Å². The standard InChI is InChI=1S/C14H20O/c1-13(2,11-15)10-14(3,4)12-8-6-5-7-9-12/h5-9,11H,10H2,1-4H3. The second kappa shape index (κ2) is 4.18. The van der Waals surface area contributed by atoms with Crippen molar-refractivity contribution < 1.29 is 4.79 Å². The zero-order valence-corrected chi connectivity index (χ0v) is 10.1. The average molecular weight is 204 g/mol. The van der Waals surface area contributed by atoms with E-state index in [-0.39, 0.29) is 10.8 Å². The first-order valence-electron chi connectivity index (χ1n) is 5.39. The molecule has 0 saturated heterocycles. The second-order valence-corrected chi connectivity index (χ2v) is 5.53. The molecule has 0 bridgehead atoms. The van der Waals surface area contributed by atoms with Crippen molar-refractivity contribution in [1.82, 2.24) is 0 Å². The molecule has 1 rings (SSSR count). The van der Waals surface area contributed by atoms with Gasteiger partial charge < -0.3 is 4.79 Å². The molecular formula is C14H20O. The van der Waals surface area contributed by atoms with Crippen LogP contribution < -0.4 is 0 Å². The minimum Gasteiger partial charge on any atom is -0.303 e. The van der Waals surface area contributed by atoms with Crippen molar-refractivity contribution in [3.63, 3.8) is 0 Å². The summed E-state index contributed by atoms with van der Waals surface area (Å²) in [5.41, 5.74) is 1.09. The maximum atomic E-state index is 10.9. The van der Waals surface area contributed by atoms with Gasteiger partial charge in [0.15, 0.2) is 0 Å². The average Bonchev–Trinajstić information content (AvgIpc) is 2.18. The fourth-order valence-electron chi connectivity index (χ4n) is 2.17. The lowest BCUT2D eigenvalue weighted by atomic mass is 9.72. The van der Waals surface area contributed by atoms with Gasteiger partial charge in [0.1, 0.15) is 6.29 Å². The van der Waals surface area contributed by atoms with E-state index in [4.69, 9.17) is 0 Å². The molecule has 0 amide bonds. The Bertz CT molecular complexity index is 322. The van der Waals surface area contributed by atoms with Gasteiger partial charge in [0.2, 0.25) is 0 Å². The third kappa shape index (κ3) is 3.19. The molecule has 1 aromatic carbocycles. The van der Waals surface area contributed by atoms with Crippen LogP contribution in [0.4, 0.5) is 0 Å². The molecule has 1 aromatic rings. The summed E-state index contributed by atoms with van der Waals surface area (Å²) in [5.74, 6) is 0. The third-order valence-electron chi connectivity index (χ3n) is 2.77. The van der Waals surface area contributed by atoms with Crippen LogP contribution in [0.15, 0.2) is 30.3 Å². The number of aldehydes is 1. The number of hydrogen-bond donors (Lipinski definition) is 0. The van der Waals surface area contributed by atoms with E-state index in [9.17, 15) is 4.79 Å². The number of benzene rings is 1. The summed E-state index contributed by atoms with van der Waals surface area (Å²) in [6.45, 7) is 8.36. The Hall–Kier alpha value is -1.11. The Morgan fingerprint density at radius 2 is 1.60 bits per heavy atom. The number of rotatable bonds is 4. The van der Waals surface area contributed by atoms with Crippen LogP contribution in [0.2, 0.25) is 0 Å². The first kappa shape index (κ1) is 12.0. The highest BCUT2D eigenvalue weighted by Crippen LogP contribution is 2.35. The second-order valence-electron chi connectivity index (χ2n) is 5.53. The van der Waals surface area contributed by atoms with Crippen molar-refractivity contribution in [2.75, 3.05) is 0 Å². The van der Waals surface area contributed by atoms with Gasteiger partial charge >= 0.3 is 0 Å². The largest absolute Gasteiger partial charge is 0.303 e. The van der Waals surface area contributed by atoms with Gasteiger partial charge in [-0.1, -0.05) is 58.0 Å². The van der Waals surface area contributed by atoms with Crippen molar-refractivity contribution in [3.8, 4) is 0 Å². The predicted molar refractivity (Wildman–Crippen MR) is 63.9 cm³/mol. The fourth-order valence-corrected chi connectivity index (χ4v) is 2.17. The lowest BCUT2D eigenvalue weighted by Crippen LogP contribution is -2.27. The molecule has 0 saturated carbocycles. The monoisotopic (exact) mass is 204 g/mol. The topological polar surface area (TPSA) is 17.1 Å². The van der Waals surface area contributed by atoms with E-state index in [0.717, 1.165) is 12.7 Å². The SMILES string of the molecule is CC(C)(C=O)CC(C)(C)c1ccccc1. The maximum Gasteiger partial charge on any atom is 0.125 e. The van der Waals surface area contributed by atoms with Crippen molar-refractivity contribution in [2.24, 2.45) is 5.41 Å². The molecule has 15 heavy (non-hydrogen) atoms. The van der Waals surface area contributed by atoms with E-state index in [0.29, 0.717) is 0 Å². The Morgan fingerprint density at radius 1 is 1.07 bits per heavy atom. The first-order chi connectivity index (χ1) is 6.87. The highest BCUT2D eigenvalue weighted by Gasteiger charge is 2.29. The Morgan fingerprint density at radius 3 is 2.07 bits per heavy atom. The Labute approximate surface area is 92.5 Å².